The third-order valence-electron chi connectivity index (χ3n) is 6.98. The van der Waals surface area contributed by atoms with Gasteiger partial charge in [0.25, 0.3) is 0 Å². The molecule has 2 aliphatic rings. The molecule has 2 saturated carbocycles. The van der Waals surface area contributed by atoms with Crippen LogP contribution in [-0.2, 0) is 19.7 Å². The maximum absolute atomic E-state index is 13.9. The van der Waals surface area contributed by atoms with Crippen molar-refractivity contribution >= 4 is 34.9 Å². The average molecular weight is 479 g/mol. The number of anilines is 1. The summed E-state index contributed by atoms with van der Waals surface area (Å²) in [4.78, 5) is 40.7. The highest BCUT2D eigenvalue weighted by molar-refractivity contribution is 7.14. The summed E-state index contributed by atoms with van der Waals surface area (Å²) in [6, 6.07) is 1.81. The van der Waals surface area contributed by atoms with Crippen LogP contribution in [0.25, 0.3) is 0 Å². The van der Waals surface area contributed by atoms with E-state index in [2.05, 4.69) is 27.7 Å². The largest absolute Gasteiger partial charge is 0.477 e. The first-order chi connectivity index (χ1) is 15.5. The van der Waals surface area contributed by atoms with E-state index in [4.69, 9.17) is 10.5 Å². The van der Waals surface area contributed by atoms with Crippen molar-refractivity contribution in [3.8, 4) is 0 Å². The maximum atomic E-state index is 13.9. The average Bonchev–Trinajstić information content (AvgIpc) is 3.21. The number of esters is 1. The SMILES string of the molecule is CC(C)(C)c1cc(N(C(=O)[C@H]2CC[C@H](C)CC2)[C@H]2CC[C@H](OC(=O)CN)CC2)c(C(=O)O)s1. The molecule has 184 valence electrons. The number of ether oxygens (including phenoxy) is 1. The van der Waals surface area contributed by atoms with Gasteiger partial charge in [0.1, 0.15) is 11.0 Å². The summed E-state index contributed by atoms with van der Waals surface area (Å²) in [5.41, 5.74) is 5.69. The summed E-state index contributed by atoms with van der Waals surface area (Å²) in [6.07, 6.45) is 6.15. The number of carboxylic acids is 1. The third-order valence-corrected chi connectivity index (χ3v) is 8.52. The van der Waals surface area contributed by atoms with E-state index < -0.39 is 11.9 Å². The van der Waals surface area contributed by atoms with Gasteiger partial charge in [0.05, 0.1) is 12.2 Å². The lowest BCUT2D eigenvalue weighted by Crippen LogP contribution is -2.47. The zero-order valence-corrected chi connectivity index (χ0v) is 21.1. The van der Waals surface area contributed by atoms with Gasteiger partial charge >= 0.3 is 11.9 Å². The molecule has 0 saturated heterocycles. The van der Waals surface area contributed by atoms with E-state index in [9.17, 15) is 19.5 Å². The first-order valence-corrected chi connectivity index (χ1v) is 12.9. The van der Waals surface area contributed by atoms with Crippen molar-refractivity contribution in [1.82, 2.24) is 0 Å². The molecule has 1 amide bonds. The molecule has 8 heteroatoms. The van der Waals surface area contributed by atoms with Gasteiger partial charge in [0.15, 0.2) is 0 Å². The van der Waals surface area contributed by atoms with Crippen molar-refractivity contribution in [2.45, 2.75) is 96.6 Å². The van der Waals surface area contributed by atoms with Crippen molar-refractivity contribution in [3.05, 3.63) is 15.8 Å². The molecule has 3 rings (SSSR count). The number of hydrogen-bond acceptors (Lipinski definition) is 6. The van der Waals surface area contributed by atoms with Gasteiger partial charge in [-0.2, -0.15) is 0 Å². The van der Waals surface area contributed by atoms with E-state index in [-0.39, 0.29) is 40.8 Å². The molecule has 2 aliphatic carbocycles. The Morgan fingerprint density at radius 3 is 2.21 bits per heavy atom. The smallest absolute Gasteiger partial charge is 0.348 e. The molecular weight excluding hydrogens is 440 g/mol. The number of amides is 1. The highest BCUT2D eigenvalue weighted by Gasteiger charge is 2.38. The number of thiophene rings is 1. The Morgan fingerprint density at radius 2 is 1.70 bits per heavy atom. The van der Waals surface area contributed by atoms with E-state index in [0.29, 0.717) is 37.3 Å². The summed E-state index contributed by atoms with van der Waals surface area (Å²) in [5, 5.41) is 9.99. The van der Waals surface area contributed by atoms with Crippen molar-refractivity contribution < 1.29 is 24.2 Å². The predicted octanol–water partition coefficient (Wildman–Crippen LogP) is 4.72. The molecule has 0 radical (unpaired) electrons. The number of carbonyl (C=O) groups excluding carboxylic acids is 2. The first kappa shape index (κ1) is 25.7. The van der Waals surface area contributed by atoms with Gasteiger partial charge in [-0.05, 0) is 68.8 Å². The van der Waals surface area contributed by atoms with Crippen LogP contribution in [0.2, 0.25) is 0 Å². The van der Waals surface area contributed by atoms with Gasteiger partial charge < -0.3 is 20.5 Å². The fourth-order valence-corrected chi connectivity index (χ4v) is 5.98. The van der Waals surface area contributed by atoms with E-state index in [1.807, 2.05) is 6.07 Å². The second kappa shape index (κ2) is 10.6. The summed E-state index contributed by atoms with van der Waals surface area (Å²) in [7, 11) is 0. The number of carbonyl (C=O) groups is 3. The number of nitrogens with two attached hydrogens (primary N) is 1. The molecule has 0 spiro atoms. The standard InChI is InChI=1S/C25H38N2O5S/c1-15-5-7-16(8-6-15)23(29)27(17-9-11-18(12-10-17)32-21(28)14-26)19-13-20(25(2,3)4)33-22(19)24(30)31/h13,15-18H,5-12,14,26H2,1-4H3,(H,30,31)/t15-,16-,17-,18-. The first-order valence-electron chi connectivity index (χ1n) is 12.1. The van der Waals surface area contributed by atoms with E-state index >= 15 is 0 Å². The van der Waals surface area contributed by atoms with Crippen LogP contribution in [0.4, 0.5) is 5.69 Å². The second-order valence-electron chi connectivity index (χ2n) is 10.7. The van der Waals surface area contributed by atoms with Crippen LogP contribution in [0.15, 0.2) is 6.07 Å². The minimum absolute atomic E-state index is 0.0464. The van der Waals surface area contributed by atoms with Gasteiger partial charge in [-0.25, -0.2) is 4.79 Å². The summed E-state index contributed by atoms with van der Waals surface area (Å²) < 4.78 is 5.41. The second-order valence-corrected chi connectivity index (χ2v) is 11.7. The molecule has 3 N–H and O–H groups in total. The van der Waals surface area contributed by atoms with Crippen LogP contribution < -0.4 is 10.6 Å². The molecule has 0 aromatic carbocycles. The Kier molecular flexibility index (Phi) is 8.22. The predicted molar refractivity (Wildman–Crippen MR) is 130 cm³/mol. The van der Waals surface area contributed by atoms with Crippen LogP contribution >= 0.6 is 11.3 Å². The molecule has 0 aliphatic heterocycles. The Balaban J connectivity index is 1.92. The van der Waals surface area contributed by atoms with E-state index in [1.54, 1.807) is 4.90 Å². The topological polar surface area (TPSA) is 110 Å². The van der Waals surface area contributed by atoms with Crippen LogP contribution in [-0.4, -0.2) is 41.6 Å². The minimum Gasteiger partial charge on any atom is -0.477 e. The van der Waals surface area contributed by atoms with E-state index in [0.717, 1.165) is 30.6 Å². The Bertz CT molecular complexity index is 859. The third kappa shape index (κ3) is 6.15. The van der Waals surface area contributed by atoms with Gasteiger partial charge in [-0.1, -0.05) is 27.7 Å². The molecule has 0 unspecified atom stereocenters. The lowest BCUT2D eigenvalue weighted by Gasteiger charge is -2.39. The fraction of sp³-hybridized carbons (Fsp3) is 0.720. The molecule has 2 fully saturated rings. The normalized spacial score (nSPS) is 26.0. The molecule has 0 bridgehead atoms. The molecule has 1 aromatic heterocycles. The monoisotopic (exact) mass is 478 g/mol. The molecule has 33 heavy (non-hydrogen) atoms. The zero-order valence-electron chi connectivity index (χ0n) is 20.3. The molecule has 1 heterocycles. The highest BCUT2D eigenvalue weighted by atomic mass is 32.1. The van der Waals surface area contributed by atoms with Crippen molar-refractivity contribution in [3.63, 3.8) is 0 Å². The number of hydrogen-bond donors (Lipinski definition) is 2. The fourth-order valence-electron chi connectivity index (χ4n) is 4.94. The zero-order chi connectivity index (χ0) is 24.3. The highest BCUT2D eigenvalue weighted by Crippen LogP contribution is 2.42. The van der Waals surface area contributed by atoms with Crippen LogP contribution in [0.1, 0.15) is 93.6 Å². The quantitative estimate of drug-likeness (QED) is 0.573. The van der Waals surface area contributed by atoms with Crippen LogP contribution in [0, 0.1) is 11.8 Å². The molecule has 1 aromatic rings. The minimum atomic E-state index is -0.994. The summed E-state index contributed by atoms with van der Waals surface area (Å²) >= 11 is 1.27. The summed E-state index contributed by atoms with van der Waals surface area (Å²) in [6.45, 7) is 8.25. The van der Waals surface area contributed by atoms with Crippen molar-refractivity contribution in [1.29, 1.82) is 0 Å². The Hall–Kier alpha value is -1.93. The van der Waals surface area contributed by atoms with Gasteiger partial charge in [0, 0.05) is 16.8 Å². The molecule has 7 nitrogen and oxygen atoms in total. The van der Waals surface area contributed by atoms with Crippen LogP contribution in [0.5, 0.6) is 0 Å². The maximum Gasteiger partial charge on any atom is 0.348 e. The Labute approximate surface area is 200 Å². The van der Waals surface area contributed by atoms with Gasteiger partial charge in [-0.15, -0.1) is 11.3 Å². The van der Waals surface area contributed by atoms with E-state index in [1.165, 1.54) is 11.3 Å². The van der Waals surface area contributed by atoms with Crippen molar-refractivity contribution in [2.75, 3.05) is 11.4 Å². The van der Waals surface area contributed by atoms with Crippen LogP contribution in [0.3, 0.4) is 0 Å². The lowest BCUT2D eigenvalue weighted by molar-refractivity contribution is -0.149. The molecule has 0 atom stereocenters. The lowest BCUT2D eigenvalue weighted by atomic mass is 9.81. The number of carboxylic acid groups (broad SMARTS) is 1. The number of rotatable bonds is 6. The number of aromatic carboxylic acids is 1. The molecular formula is C25H38N2O5S. The van der Waals surface area contributed by atoms with Crippen molar-refractivity contribution in [2.24, 2.45) is 17.6 Å². The van der Waals surface area contributed by atoms with Gasteiger partial charge in [-0.3, -0.25) is 9.59 Å². The summed E-state index contributed by atoms with van der Waals surface area (Å²) in [5.74, 6) is -0.813. The number of nitrogens with zero attached hydrogens (tertiary/aromatic N) is 1. The Morgan fingerprint density at radius 1 is 1.09 bits per heavy atom. The van der Waals surface area contributed by atoms with Gasteiger partial charge in [0.2, 0.25) is 5.91 Å².